The molecule has 3 fully saturated rings. The summed E-state index contributed by atoms with van der Waals surface area (Å²) in [4.78, 5) is 16.4. The van der Waals surface area contributed by atoms with E-state index in [1.807, 2.05) is 17.9 Å². The molecule has 1 N–H and O–H groups in total. The van der Waals surface area contributed by atoms with Crippen molar-refractivity contribution >= 4 is 6.09 Å². The number of hydrogen-bond acceptors (Lipinski definition) is 5. The Morgan fingerprint density at radius 2 is 2.12 bits per heavy atom. The zero-order chi connectivity index (χ0) is 18.1. The molecule has 7 heteroatoms. The zero-order valence-electron chi connectivity index (χ0n) is 15.6. The van der Waals surface area contributed by atoms with Crippen LogP contribution in [-0.4, -0.2) is 69.6 Å². The lowest BCUT2D eigenvalue weighted by molar-refractivity contribution is -0.00527. The molecule has 2 aliphatic heterocycles. The summed E-state index contributed by atoms with van der Waals surface area (Å²) in [5.41, 5.74) is 1.50. The average molecular weight is 362 g/mol. The van der Waals surface area contributed by atoms with Gasteiger partial charge in [-0.3, -0.25) is 0 Å². The third-order valence-electron chi connectivity index (χ3n) is 6.65. The summed E-state index contributed by atoms with van der Waals surface area (Å²) in [6.45, 7) is 6.22. The number of aliphatic hydroxyl groups is 1. The smallest absolute Gasteiger partial charge is 0.409 e. The maximum atomic E-state index is 11.9. The molecule has 1 spiro atoms. The first-order valence-corrected chi connectivity index (χ1v) is 9.92. The van der Waals surface area contributed by atoms with E-state index in [1.165, 1.54) is 12.8 Å². The molecule has 1 amide bonds. The summed E-state index contributed by atoms with van der Waals surface area (Å²) in [5, 5.41) is 13.6. The highest BCUT2D eigenvalue weighted by atomic mass is 16.6. The number of carbonyl (C=O) groups is 1. The number of aromatic nitrogens is 2. The maximum absolute atomic E-state index is 11.9. The van der Waals surface area contributed by atoms with Gasteiger partial charge in [0.25, 0.3) is 0 Å². The molecule has 26 heavy (non-hydrogen) atoms. The molecule has 1 saturated carbocycles. The SMILES string of the molecule is CCOC(=O)N1CCC2(CC(N3CCC(c4ccnn4CO)CC3)C2)C1. The van der Waals surface area contributed by atoms with Gasteiger partial charge in [-0.1, -0.05) is 0 Å². The first-order chi connectivity index (χ1) is 12.6. The van der Waals surface area contributed by atoms with E-state index in [1.54, 1.807) is 10.9 Å². The number of hydrogen-bond donors (Lipinski definition) is 1. The minimum absolute atomic E-state index is 0.0370. The van der Waals surface area contributed by atoms with Crippen molar-refractivity contribution in [3.63, 3.8) is 0 Å². The lowest BCUT2D eigenvalue weighted by Crippen LogP contribution is -2.54. The zero-order valence-corrected chi connectivity index (χ0v) is 15.6. The van der Waals surface area contributed by atoms with Crippen molar-refractivity contribution in [1.29, 1.82) is 0 Å². The van der Waals surface area contributed by atoms with Gasteiger partial charge in [0, 0.05) is 36.9 Å². The first-order valence-electron chi connectivity index (χ1n) is 9.92. The number of rotatable bonds is 4. The Labute approximate surface area is 154 Å². The molecule has 1 aliphatic carbocycles. The monoisotopic (exact) mass is 362 g/mol. The predicted octanol–water partition coefficient (Wildman–Crippen LogP) is 2.02. The minimum Gasteiger partial charge on any atom is -0.450 e. The van der Waals surface area contributed by atoms with Gasteiger partial charge in [-0.15, -0.1) is 0 Å². The average Bonchev–Trinajstić information content (AvgIpc) is 3.28. The Hall–Kier alpha value is -1.60. The van der Waals surface area contributed by atoms with Crippen molar-refractivity contribution in [3.8, 4) is 0 Å². The third-order valence-corrected chi connectivity index (χ3v) is 6.65. The summed E-state index contributed by atoms with van der Waals surface area (Å²) in [6.07, 6.45) is 7.44. The van der Waals surface area contributed by atoms with Crippen molar-refractivity contribution in [1.82, 2.24) is 19.6 Å². The van der Waals surface area contributed by atoms with Crippen LogP contribution in [0.15, 0.2) is 12.3 Å². The number of carbonyl (C=O) groups excluding carboxylic acids is 1. The van der Waals surface area contributed by atoms with E-state index in [9.17, 15) is 9.90 Å². The van der Waals surface area contributed by atoms with Crippen LogP contribution >= 0.6 is 0 Å². The summed E-state index contributed by atoms with van der Waals surface area (Å²) in [5.74, 6) is 0.501. The van der Waals surface area contributed by atoms with E-state index >= 15 is 0 Å². The molecular weight excluding hydrogens is 332 g/mol. The van der Waals surface area contributed by atoms with Gasteiger partial charge in [-0.05, 0) is 63.6 Å². The lowest BCUT2D eigenvalue weighted by Gasteiger charge is -2.51. The molecule has 0 unspecified atom stereocenters. The second kappa shape index (κ2) is 7.19. The van der Waals surface area contributed by atoms with E-state index in [2.05, 4.69) is 10.00 Å². The Morgan fingerprint density at radius 1 is 1.35 bits per heavy atom. The molecule has 0 bridgehead atoms. The standard InChI is InChI=1S/C19H30N4O3/c1-2-26-18(25)22-10-6-19(13-22)11-16(12-19)21-8-4-15(5-9-21)17-3-7-20-23(17)14-24/h3,7,15-16,24H,2,4-6,8-14H2,1H3. The molecule has 1 aromatic heterocycles. The molecule has 0 aromatic carbocycles. The highest BCUT2D eigenvalue weighted by Crippen LogP contribution is 2.51. The van der Waals surface area contributed by atoms with E-state index in [0.717, 1.165) is 51.1 Å². The Balaban J connectivity index is 1.25. The summed E-state index contributed by atoms with van der Waals surface area (Å²) in [7, 11) is 0. The summed E-state index contributed by atoms with van der Waals surface area (Å²) in [6, 6.07) is 2.71. The highest BCUT2D eigenvalue weighted by Gasteiger charge is 2.51. The number of piperidine rings is 1. The van der Waals surface area contributed by atoms with Crippen LogP contribution in [-0.2, 0) is 11.5 Å². The summed E-state index contributed by atoms with van der Waals surface area (Å²) < 4.78 is 6.86. The molecule has 0 radical (unpaired) electrons. The molecule has 1 aromatic rings. The van der Waals surface area contributed by atoms with Gasteiger partial charge in [0.05, 0.1) is 6.61 Å². The van der Waals surface area contributed by atoms with Crippen LogP contribution in [0.25, 0.3) is 0 Å². The number of aliphatic hydroxyl groups excluding tert-OH is 1. The van der Waals surface area contributed by atoms with Crippen LogP contribution in [0.1, 0.15) is 50.6 Å². The maximum Gasteiger partial charge on any atom is 0.409 e. The van der Waals surface area contributed by atoms with Crippen molar-refractivity contribution in [2.75, 3.05) is 32.8 Å². The van der Waals surface area contributed by atoms with E-state index in [0.29, 0.717) is 24.0 Å². The van der Waals surface area contributed by atoms with Gasteiger partial charge >= 0.3 is 6.09 Å². The van der Waals surface area contributed by atoms with Crippen LogP contribution in [0.3, 0.4) is 0 Å². The van der Waals surface area contributed by atoms with Gasteiger partial charge in [0.15, 0.2) is 0 Å². The van der Waals surface area contributed by atoms with Crippen LogP contribution in [0.4, 0.5) is 4.79 Å². The predicted molar refractivity (Wildman–Crippen MR) is 96.7 cm³/mol. The number of nitrogens with zero attached hydrogens (tertiary/aromatic N) is 4. The fraction of sp³-hybridized carbons (Fsp3) is 0.789. The highest BCUT2D eigenvalue weighted by molar-refractivity contribution is 5.68. The van der Waals surface area contributed by atoms with Gasteiger partial charge in [0.2, 0.25) is 0 Å². The fourth-order valence-corrected chi connectivity index (χ4v) is 5.21. The van der Waals surface area contributed by atoms with Crippen molar-refractivity contribution in [2.24, 2.45) is 5.41 Å². The fourth-order valence-electron chi connectivity index (χ4n) is 5.21. The first kappa shape index (κ1) is 17.8. The topological polar surface area (TPSA) is 70.8 Å². The van der Waals surface area contributed by atoms with Crippen LogP contribution < -0.4 is 0 Å². The molecule has 4 rings (SSSR count). The van der Waals surface area contributed by atoms with Crippen molar-refractivity contribution in [2.45, 2.75) is 57.7 Å². The normalized spacial score (nSPS) is 29.9. The lowest BCUT2D eigenvalue weighted by atomic mass is 9.64. The Kier molecular flexibility index (Phi) is 4.92. The van der Waals surface area contributed by atoms with Gasteiger partial charge in [0.1, 0.15) is 6.73 Å². The van der Waals surface area contributed by atoms with Crippen molar-refractivity contribution in [3.05, 3.63) is 18.0 Å². The van der Waals surface area contributed by atoms with Crippen LogP contribution in [0.2, 0.25) is 0 Å². The summed E-state index contributed by atoms with van der Waals surface area (Å²) >= 11 is 0. The minimum atomic E-state index is -0.144. The van der Waals surface area contributed by atoms with E-state index < -0.39 is 0 Å². The number of ether oxygens (including phenoxy) is 1. The quantitative estimate of drug-likeness (QED) is 0.887. The Morgan fingerprint density at radius 3 is 2.81 bits per heavy atom. The van der Waals surface area contributed by atoms with Gasteiger partial charge in [-0.25, -0.2) is 9.48 Å². The molecule has 3 aliphatic rings. The van der Waals surface area contributed by atoms with Crippen molar-refractivity contribution < 1.29 is 14.6 Å². The largest absolute Gasteiger partial charge is 0.450 e. The molecule has 0 atom stereocenters. The van der Waals surface area contributed by atoms with E-state index in [-0.39, 0.29) is 12.8 Å². The number of likely N-dealkylation sites (tertiary alicyclic amines) is 2. The second-order valence-corrected chi connectivity index (χ2v) is 8.14. The molecule has 3 heterocycles. The Bertz CT molecular complexity index is 632. The van der Waals surface area contributed by atoms with Gasteiger partial charge < -0.3 is 19.6 Å². The molecule has 7 nitrogen and oxygen atoms in total. The van der Waals surface area contributed by atoms with E-state index in [4.69, 9.17) is 4.74 Å². The number of amides is 1. The second-order valence-electron chi connectivity index (χ2n) is 8.14. The molecule has 2 saturated heterocycles. The van der Waals surface area contributed by atoms with Gasteiger partial charge in [-0.2, -0.15) is 5.10 Å². The molecule has 144 valence electrons. The van der Waals surface area contributed by atoms with Crippen LogP contribution in [0.5, 0.6) is 0 Å². The van der Waals surface area contributed by atoms with Crippen LogP contribution in [0, 0.1) is 5.41 Å². The third kappa shape index (κ3) is 3.22. The molecular formula is C19H30N4O3.